The summed E-state index contributed by atoms with van der Waals surface area (Å²) in [4.78, 5) is 12.1. The summed E-state index contributed by atoms with van der Waals surface area (Å²) in [6.07, 6.45) is 5.19. The molecule has 1 aliphatic heterocycles. The molecule has 2 aliphatic rings. The van der Waals surface area contributed by atoms with E-state index in [-0.39, 0.29) is 30.0 Å². The first-order chi connectivity index (χ1) is 9.74. The third kappa shape index (κ3) is 3.74. The molecule has 1 amide bonds. The van der Waals surface area contributed by atoms with Crippen LogP contribution in [-0.2, 0) is 0 Å². The molecule has 21 heavy (non-hydrogen) atoms. The van der Waals surface area contributed by atoms with E-state index in [9.17, 15) is 9.18 Å². The fourth-order valence-corrected chi connectivity index (χ4v) is 2.95. The van der Waals surface area contributed by atoms with Crippen LogP contribution in [0.1, 0.15) is 53.9 Å². The monoisotopic (exact) mass is 312 g/mol. The molecule has 0 atom stereocenters. The molecular formula is C16H22ClFN2O. The zero-order valence-electron chi connectivity index (χ0n) is 12.0. The molecule has 0 spiro atoms. The van der Waals surface area contributed by atoms with Gasteiger partial charge in [-0.05, 0) is 74.9 Å². The molecule has 1 aliphatic carbocycles. The van der Waals surface area contributed by atoms with Crippen LogP contribution in [0.2, 0.25) is 0 Å². The SMILES string of the molecule is Cl.O=C(NC1CCC1)c1ccc(F)c(C2CCNCC2)c1. The van der Waals surface area contributed by atoms with E-state index < -0.39 is 0 Å². The van der Waals surface area contributed by atoms with Gasteiger partial charge in [-0.25, -0.2) is 4.39 Å². The van der Waals surface area contributed by atoms with Crippen molar-refractivity contribution >= 4 is 18.3 Å². The highest BCUT2D eigenvalue weighted by atomic mass is 35.5. The van der Waals surface area contributed by atoms with Crippen LogP contribution in [0.5, 0.6) is 0 Å². The average Bonchev–Trinajstić information content (AvgIpc) is 2.44. The van der Waals surface area contributed by atoms with Gasteiger partial charge in [0.15, 0.2) is 0 Å². The van der Waals surface area contributed by atoms with Crippen molar-refractivity contribution in [3.05, 3.63) is 35.1 Å². The highest BCUT2D eigenvalue weighted by Crippen LogP contribution is 2.28. The molecule has 1 saturated heterocycles. The summed E-state index contributed by atoms with van der Waals surface area (Å²) in [6.45, 7) is 1.84. The lowest BCUT2D eigenvalue weighted by Gasteiger charge is -2.27. The molecule has 116 valence electrons. The smallest absolute Gasteiger partial charge is 0.251 e. The van der Waals surface area contributed by atoms with E-state index in [2.05, 4.69) is 10.6 Å². The number of amides is 1. The molecule has 0 aromatic heterocycles. The van der Waals surface area contributed by atoms with Gasteiger partial charge in [-0.2, -0.15) is 0 Å². The van der Waals surface area contributed by atoms with E-state index in [0.717, 1.165) is 38.8 Å². The van der Waals surface area contributed by atoms with Crippen LogP contribution in [-0.4, -0.2) is 25.0 Å². The summed E-state index contributed by atoms with van der Waals surface area (Å²) in [5.74, 6) is -0.0188. The zero-order valence-corrected chi connectivity index (χ0v) is 12.8. The Morgan fingerprint density at radius 3 is 2.52 bits per heavy atom. The summed E-state index contributed by atoms with van der Waals surface area (Å²) in [5, 5.41) is 6.29. The summed E-state index contributed by atoms with van der Waals surface area (Å²) in [7, 11) is 0. The molecule has 0 bridgehead atoms. The Balaban J connectivity index is 0.00000161. The molecule has 1 saturated carbocycles. The van der Waals surface area contributed by atoms with Crippen LogP contribution < -0.4 is 10.6 Å². The number of nitrogens with one attached hydrogen (secondary N) is 2. The van der Waals surface area contributed by atoms with Crippen molar-refractivity contribution in [2.45, 2.75) is 44.1 Å². The first-order valence-electron chi connectivity index (χ1n) is 7.55. The van der Waals surface area contributed by atoms with Crippen LogP contribution in [0.4, 0.5) is 4.39 Å². The van der Waals surface area contributed by atoms with Crippen LogP contribution in [0.15, 0.2) is 18.2 Å². The summed E-state index contributed by atoms with van der Waals surface area (Å²) in [6, 6.07) is 5.09. The van der Waals surface area contributed by atoms with Crippen molar-refractivity contribution in [2.24, 2.45) is 0 Å². The fourth-order valence-electron chi connectivity index (χ4n) is 2.95. The van der Waals surface area contributed by atoms with Gasteiger partial charge in [0.1, 0.15) is 5.82 Å². The minimum atomic E-state index is -0.183. The lowest BCUT2D eigenvalue weighted by Crippen LogP contribution is -2.39. The Morgan fingerprint density at radius 1 is 1.19 bits per heavy atom. The molecule has 5 heteroatoms. The maximum absolute atomic E-state index is 14.0. The summed E-state index contributed by atoms with van der Waals surface area (Å²) in [5.41, 5.74) is 1.29. The maximum atomic E-state index is 14.0. The molecule has 1 aromatic rings. The van der Waals surface area contributed by atoms with E-state index in [1.54, 1.807) is 12.1 Å². The maximum Gasteiger partial charge on any atom is 0.251 e. The Morgan fingerprint density at radius 2 is 1.90 bits per heavy atom. The van der Waals surface area contributed by atoms with Crippen molar-refractivity contribution in [3.8, 4) is 0 Å². The van der Waals surface area contributed by atoms with Gasteiger partial charge in [-0.1, -0.05) is 0 Å². The number of hydrogen-bond acceptors (Lipinski definition) is 2. The van der Waals surface area contributed by atoms with E-state index in [1.807, 2.05) is 0 Å². The van der Waals surface area contributed by atoms with Gasteiger partial charge in [0, 0.05) is 11.6 Å². The van der Waals surface area contributed by atoms with Gasteiger partial charge in [-0.3, -0.25) is 4.79 Å². The number of rotatable bonds is 3. The van der Waals surface area contributed by atoms with Gasteiger partial charge in [-0.15, -0.1) is 12.4 Å². The van der Waals surface area contributed by atoms with Crippen molar-refractivity contribution in [1.29, 1.82) is 0 Å². The van der Waals surface area contributed by atoms with E-state index in [0.29, 0.717) is 17.2 Å². The number of piperidine rings is 1. The zero-order chi connectivity index (χ0) is 13.9. The highest BCUT2D eigenvalue weighted by Gasteiger charge is 2.23. The van der Waals surface area contributed by atoms with E-state index in [1.165, 1.54) is 12.5 Å². The molecule has 1 heterocycles. The normalized spacial score (nSPS) is 19.5. The predicted molar refractivity (Wildman–Crippen MR) is 83.6 cm³/mol. The van der Waals surface area contributed by atoms with Crippen LogP contribution in [0, 0.1) is 5.82 Å². The Hall–Kier alpha value is -1.13. The minimum absolute atomic E-state index is 0. The third-order valence-electron chi connectivity index (χ3n) is 4.48. The Labute approximate surface area is 131 Å². The molecule has 0 radical (unpaired) electrons. The fraction of sp³-hybridized carbons (Fsp3) is 0.562. The molecule has 2 fully saturated rings. The van der Waals surface area contributed by atoms with Crippen LogP contribution >= 0.6 is 12.4 Å². The Kier molecular flexibility index (Phi) is 5.59. The van der Waals surface area contributed by atoms with E-state index >= 15 is 0 Å². The van der Waals surface area contributed by atoms with Crippen molar-refractivity contribution in [1.82, 2.24) is 10.6 Å². The third-order valence-corrected chi connectivity index (χ3v) is 4.48. The molecule has 3 nitrogen and oxygen atoms in total. The van der Waals surface area contributed by atoms with Crippen LogP contribution in [0.3, 0.4) is 0 Å². The predicted octanol–water partition coefficient (Wildman–Crippen LogP) is 3.00. The van der Waals surface area contributed by atoms with Crippen molar-refractivity contribution < 1.29 is 9.18 Å². The first-order valence-corrected chi connectivity index (χ1v) is 7.55. The lowest BCUT2D eigenvalue weighted by molar-refractivity contribution is 0.0917. The second-order valence-electron chi connectivity index (χ2n) is 5.86. The molecule has 0 unspecified atom stereocenters. The second kappa shape index (κ2) is 7.23. The highest BCUT2D eigenvalue weighted by molar-refractivity contribution is 5.94. The van der Waals surface area contributed by atoms with Crippen molar-refractivity contribution in [3.63, 3.8) is 0 Å². The van der Waals surface area contributed by atoms with E-state index in [4.69, 9.17) is 0 Å². The lowest BCUT2D eigenvalue weighted by atomic mass is 9.88. The molecule has 3 rings (SSSR count). The molecule has 1 aromatic carbocycles. The quantitative estimate of drug-likeness (QED) is 0.901. The topological polar surface area (TPSA) is 41.1 Å². The number of benzene rings is 1. The molecular weight excluding hydrogens is 291 g/mol. The number of carbonyl (C=O) groups excluding carboxylic acids is 1. The number of hydrogen-bond donors (Lipinski definition) is 2. The largest absolute Gasteiger partial charge is 0.349 e. The molecule has 2 N–H and O–H groups in total. The van der Waals surface area contributed by atoms with Gasteiger partial charge >= 0.3 is 0 Å². The standard InChI is InChI=1S/C16H21FN2O.ClH/c17-15-5-4-12(16(20)19-13-2-1-3-13)10-14(15)11-6-8-18-9-7-11;/h4-5,10-11,13,18H,1-3,6-9H2,(H,19,20);1H. The summed E-state index contributed by atoms with van der Waals surface area (Å²) >= 11 is 0. The Bertz CT molecular complexity index is 499. The number of carbonyl (C=O) groups is 1. The first kappa shape index (κ1) is 16.2. The van der Waals surface area contributed by atoms with Crippen LogP contribution in [0.25, 0.3) is 0 Å². The van der Waals surface area contributed by atoms with Gasteiger partial charge < -0.3 is 10.6 Å². The van der Waals surface area contributed by atoms with Gasteiger partial charge in [0.2, 0.25) is 0 Å². The van der Waals surface area contributed by atoms with Crippen molar-refractivity contribution in [2.75, 3.05) is 13.1 Å². The van der Waals surface area contributed by atoms with Gasteiger partial charge in [0.25, 0.3) is 5.91 Å². The minimum Gasteiger partial charge on any atom is -0.349 e. The second-order valence-corrected chi connectivity index (χ2v) is 5.86. The average molecular weight is 313 g/mol. The number of halogens is 2. The summed E-state index contributed by atoms with van der Waals surface area (Å²) < 4.78 is 14.0. The van der Waals surface area contributed by atoms with Gasteiger partial charge in [0.05, 0.1) is 0 Å².